The van der Waals surface area contributed by atoms with Crippen molar-refractivity contribution in [2.45, 2.75) is 46.1 Å². The van der Waals surface area contributed by atoms with Gasteiger partial charge in [0, 0.05) is 11.1 Å². The third kappa shape index (κ3) is 3.08. The van der Waals surface area contributed by atoms with Gasteiger partial charge in [-0.3, -0.25) is 4.98 Å². The highest BCUT2D eigenvalue weighted by molar-refractivity contribution is 5.86. The molecule has 1 aromatic heterocycles. The summed E-state index contributed by atoms with van der Waals surface area (Å²) in [6.07, 6.45) is 0. The number of fused-ring (bicyclic) bond motifs is 1. The molecule has 0 spiro atoms. The van der Waals surface area contributed by atoms with Gasteiger partial charge in [-0.1, -0.05) is 0 Å². The van der Waals surface area contributed by atoms with Gasteiger partial charge in [-0.15, -0.1) is 0 Å². The number of nitriles is 1. The summed E-state index contributed by atoms with van der Waals surface area (Å²) >= 11 is 0. The van der Waals surface area contributed by atoms with E-state index in [9.17, 15) is 0 Å². The van der Waals surface area contributed by atoms with Crippen LogP contribution in [0.4, 0.5) is 0 Å². The first-order chi connectivity index (χ1) is 9.30. The Morgan fingerprint density at radius 3 is 2.55 bits per heavy atom. The maximum absolute atomic E-state index is 9.04. The summed E-state index contributed by atoms with van der Waals surface area (Å²) < 4.78 is 5.89. The van der Waals surface area contributed by atoms with Crippen molar-refractivity contribution in [3.8, 4) is 11.8 Å². The van der Waals surface area contributed by atoms with Gasteiger partial charge in [0.1, 0.15) is 11.4 Å². The fraction of sp³-hybridized carbons (Fsp3) is 0.412. The van der Waals surface area contributed by atoms with Gasteiger partial charge in [0.15, 0.2) is 0 Å². The highest BCUT2D eigenvalue weighted by Gasteiger charge is 2.13. The van der Waals surface area contributed by atoms with Gasteiger partial charge < -0.3 is 4.74 Å². The standard InChI is InChI=1S/C17H20N2O/c1-11(10-18)16-9-13-8-14(20-17(3,4)5)6-7-15(13)12(2)19-16/h6-9,11H,1-5H3. The fourth-order valence-electron chi connectivity index (χ4n) is 2.14. The van der Waals surface area contributed by atoms with Gasteiger partial charge >= 0.3 is 0 Å². The van der Waals surface area contributed by atoms with E-state index in [-0.39, 0.29) is 11.5 Å². The molecule has 20 heavy (non-hydrogen) atoms. The van der Waals surface area contributed by atoms with Crippen LogP contribution in [0, 0.1) is 18.3 Å². The number of pyridine rings is 1. The number of nitrogens with zero attached hydrogens (tertiary/aromatic N) is 2. The second-order valence-corrected chi connectivity index (χ2v) is 6.08. The van der Waals surface area contributed by atoms with Gasteiger partial charge in [0.2, 0.25) is 0 Å². The maximum Gasteiger partial charge on any atom is 0.120 e. The first-order valence-electron chi connectivity index (χ1n) is 6.80. The molecule has 1 atom stereocenters. The second-order valence-electron chi connectivity index (χ2n) is 6.08. The number of hydrogen-bond donors (Lipinski definition) is 0. The predicted molar refractivity (Wildman–Crippen MR) is 80.9 cm³/mol. The molecule has 0 bridgehead atoms. The molecular formula is C17H20N2O. The Kier molecular flexibility index (Phi) is 3.67. The molecule has 104 valence electrons. The number of aryl methyl sites for hydroxylation is 1. The average molecular weight is 268 g/mol. The van der Waals surface area contributed by atoms with Crippen LogP contribution < -0.4 is 4.74 Å². The largest absolute Gasteiger partial charge is 0.488 e. The van der Waals surface area contributed by atoms with Crippen LogP contribution in [0.15, 0.2) is 24.3 Å². The third-order valence-corrected chi connectivity index (χ3v) is 3.07. The zero-order valence-corrected chi connectivity index (χ0v) is 12.7. The number of rotatable bonds is 2. The minimum Gasteiger partial charge on any atom is -0.488 e. The van der Waals surface area contributed by atoms with Crippen molar-refractivity contribution in [1.29, 1.82) is 5.26 Å². The van der Waals surface area contributed by atoms with Crippen molar-refractivity contribution in [2.24, 2.45) is 0 Å². The van der Waals surface area contributed by atoms with Gasteiger partial charge in [-0.25, -0.2) is 0 Å². The third-order valence-electron chi connectivity index (χ3n) is 3.07. The smallest absolute Gasteiger partial charge is 0.120 e. The molecule has 2 rings (SSSR count). The Labute approximate surface area is 120 Å². The van der Waals surface area contributed by atoms with Crippen molar-refractivity contribution in [3.63, 3.8) is 0 Å². The molecule has 0 aliphatic rings. The molecule has 0 radical (unpaired) electrons. The fourth-order valence-corrected chi connectivity index (χ4v) is 2.14. The lowest BCUT2D eigenvalue weighted by molar-refractivity contribution is 0.131. The van der Waals surface area contributed by atoms with Crippen molar-refractivity contribution in [1.82, 2.24) is 4.98 Å². The number of ether oxygens (including phenoxy) is 1. The summed E-state index contributed by atoms with van der Waals surface area (Å²) in [6, 6.07) is 10.2. The molecule has 3 nitrogen and oxygen atoms in total. The summed E-state index contributed by atoms with van der Waals surface area (Å²) in [5.41, 5.74) is 1.53. The Morgan fingerprint density at radius 2 is 1.95 bits per heavy atom. The summed E-state index contributed by atoms with van der Waals surface area (Å²) in [4.78, 5) is 4.51. The van der Waals surface area contributed by atoms with E-state index in [4.69, 9.17) is 10.00 Å². The lowest BCUT2D eigenvalue weighted by Gasteiger charge is -2.21. The second kappa shape index (κ2) is 5.13. The lowest BCUT2D eigenvalue weighted by atomic mass is 10.0. The van der Waals surface area contributed by atoms with Gasteiger partial charge in [0.25, 0.3) is 0 Å². The minimum atomic E-state index is -0.224. The first-order valence-corrected chi connectivity index (χ1v) is 6.80. The van der Waals surface area contributed by atoms with E-state index in [0.717, 1.165) is 27.9 Å². The number of aromatic nitrogens is 1. The number of benzene rings is 1. The molecule has 0 aliphatic carbocycles. The highest BCUT2D eigenvalue weighted by atomic mass is 16.5. The number of hydrogen-bond acceptors (Lipinski definition) is 3. The van der Waals surface area contributed by atoms with Gasteiger partial charge in [-0.2, -0.15) is 5.26 Å². The zero-order valence-electron chi connectivity index (χ0n) is 12.7. The Balaban J connectivity index is 2.53. The Bertz CT molecular complexity index is 678. The van der Waals surface area contributed by atoms with E-state index >= 15 is 0 Å². The molecule has 0 saturated carbocycles. The SMILES string of the molecule is Cc1nc(C(C)C#N)cc2cc(OC(C)(C)C)ccc12. The van der Waals surface area contributed by atoms with E-state index in [1.54, 1.807) is 0 Å². The first kappa shape index (κ1) is 14.3. The Morgan fingerprint density at radius 1 is 1.25 bits per heavy atom. The van der Waals surface area contributed by atoms with Crippen LogP contribution in [-0.4, -0.2) is 10.6 Å². The molecule has 0 aliphatic heterocycles. The normalized spacial score (nSPS) is 13.0. The van der Waals surface area contributed by atoms with Crippen molar-refractivity contribution in [3.05, 3.63) is 35.7 Å². The van der Waals surface area contributed by atoms with E-state index in [0.29, 0.717) is 0 Å². The van der Waals surface area contributed by atoms with Crippen molar-refractivity contribution < 1.29 is 4.74 Å². The summed E-state index contributed by atoms with van der Waals surface area (Å²) in [5.74, 6) is 0.636. The average Bonchev–Trinajstić information content (AvgIpc) is 2.35. The summed E-state index contributed by atoms with van der Waals surface area (Å²) in [6.45, 7) is 9.91. The van der Waals surface area contributed by atoms with Crippen LogP contribution in [0.3, 0.4) is 0 Å². The predicted octanol–water partition coefficient (Wildman–Crippen LogP) is 4.35. The molecule has 2 aromatic rings. The van der Waals surface area contributed by atoms with Crippen molar-refractivity contribution >= 4 is 10.8 Å². The molecule has 3 heteroatoms. The monoisotopic (exact) mass is 268 g/mol. The summed E-state index contributed by atoms with van der Waals surface area (Å²) in [7, 11) is 0. The molecule has 0 saturated heterocycles. The molecular weight excluding hydrogens is 248 g/mol. The highest BCUT2D eigenvalue weighted by Crippen LogP contribution is 2.27. The molecule has 1 unspecified atom stereocenters. The molecule has 1 heterocycles. The van der Waals surface area contributed by atoms with Crippen LogP contribution in [-0.2, 0) is 0 Å². The summed E-state index contributed by atoms with van der Waals surface area (Å²) in [5, 5.41) is 11.2. The maximum atomic E-state index is 9.04. The van der Waals surface area contributed by atoms with Crippen LogP contribution in [0.1, 0.15) is 45.0 Å². The topological polar surface area (TPSA) is 45.9 Å². The van der Waals surface area contributed by atoms with Crippen LogP contribution in [0.25, 0.3) is 10.8 Å². The molecule has 0 N–H and O–H groups in total. The van der Waals surface area contributed by atoms with Crippen molar-refractivity contribution in [2.75, 3.05) is 0 Å². The Hall–Kier alpha value is -2.08. The molecule has 0 amide bonds. The van der Waals surface area contributed by atoms with E-state index in [1.807, 2.05) is 58.9 Å². The van der Waals surface area contributed by atoms with Crippen LogP contribution >= 0.6 is 0 Å². The van der Waals surface area contributed by atoms with E-state index < -0.39 is 0 Å². The molecule has 0 fully saturated rings. The van der Waals surface area contributed by atoms with Crippen LogP contribution in [0.5, 0.6) is 5.75 Å². The van der Waals surface area contributed by atoms with E-state index in [1.165, 1.54) is 0 Å². The van der Waals surface area contributed by atoms with Crippen LogP contribution in [0.2, 0.25) is 0 Å². The lowest BCUT2D eigenvalue weighted by Crippen LogP contribution is -2.22. The molecule has 1 aromatic carbocycles. The van der Waals surface area contributed by atoms with Gasteiger partial charge in [0.05, 0.1) is 17.7 Å². The zero-order chi connectivity index (χ0) is 14.9. The van der Waals surface area contributed by atoms with Gasteiger partial charge in [-0.05, 0) is 64.3 Å². The van der Waals surface area contributed by atoms with E-state index in [2.05, 4.69) is 11.1 Å². The quantitative estimate of drug-likeness (QED) is 0.813. The minimum absolute atomic E-state index is 0.203.